The fraction of sp³-hybridized carbons (Fsp3) is 0.562. The van der Waals surface area contributed by atoms with Crippen LogP contribution >= 0.6 is 34.8 Å². The van der Waals surface area contributed by atoms with E-state index >= 15 is 0 Å². The summed E-state index contributed by atoms with van der Waals surface area (Å²) in [4.78, 5) is 12.1. The smallest absolute Gasteiger partial charge is 0.339 e. The molecule has 0 heterocycles. The molecule has 5 heteroatoms. The third-order valence-electron chi connectivity index (χ3n) is 4.06. The lowest BCUT2D eigenvalue weighted by Crippen LogP contribution is -2.14. The highest BCUT2D eigenvalue weighted by Gasteiger charge is 2.40. The molecule has 1 aliphatic carbocycles. The number of carbonyl (C=O) groups excluding carboxylic acids is 1. The van der Waals surface area contributed by atoms with Gasteiger partial charge in [0.1, 0.15) is 0 Å². The number of rotatable bonds is 6. The minimum absolute atomic E-state index is 0.189. The number of hydrogen-bond donors (Lipinski definition) is 0. The number of ether oxygens (including phenoxy) is 1. The van der Waals surface area contributed by atoms with Gasteiger partial charge in [0.15, 0.2) is 0 Å². The van der Waals surface area contributed by atoms with Gasteiger partial charge in [-0.2, -0.15) is 0 Å². The average Bonchev–Trinajstić information content (AvgIpc) is 3.19. The van der Waals surface area contributed by atoms with Crippen LogP contribution in [0.1, 0.15) is 43.5 Å². The molecule has 21 heavy (non-hydrogen) atoms. The van der Waals surface area contributed by atoms with Crippen LogP contribution in [0.4, 0.5) is 0 Å². The predicted molar refractivity (Wildman–Crippen MR) is 87.4 cm³/mol. The van der Waals surface area contributed by atoms with Crippen molar-refractivity contribution in [1.82, 2.24) is 0 Å². The first kappa shape index (κ1) is 16.9. The molecule has 1 fully saturated rings. The molecule has 1 aliphatic rings. The second-order valence-corrected chi connectivity index (χ2v) is 6.99. The average molecular weight is 350 g/mol. The van der Waals surface area contributed by atoms with Crippen molar-refractivity contribution in [3.8, 4) is 0 Å². The van der Waals surface area contributed by atoms with Crippen molar-refractivity contribution in [2.75, 3.05) is 6.61 Å². The van der Waals surface area contributed by atoms with E-state index in [1.807, 2.05) is 0 Å². The van der Waals surface area contributed by atoms with Crippen molar-refractivity contribution in [2.45, 2.75) is 33.1 Å². The first-order chi connectivity index (χ1) is 9.93. The van der Waals surface area contributed by atoms with Gasteiger partial charge in [-0.15, -0.1) is 0 Å². The number of esters is 1. The minimum Gasteiger partial charge on any atom is -0.462 e. The summed E-state index contributed by atoms with van der Waals surface area (Å²) in [6.45, 7) is 4.73. The van der Waals surface area contributed by atoms with Gasteiger partial charge in [-0.25, -0.2) is 4.79 Å². The molecule has 116 valence electrons. The van der Waals surface area contributed by atoms with Crippen molar-refractivity contribution < 1.29 is 9.53 Å². The van der Waals surface area contributed by atoms with Gasteiger partial charge in [0.2, 0.25) is 0 Å². The van der Waals surface area contributed by atoms with Crippen LogP contribution in [-0.2, 0) is 4.74 Å². The van der Waals surface area contributed by atoms with Crippen molar-refractivity contribution >= 4 is 40.8 Å². The molecular formula is C16H19Cl3O2. The number of benzene rings is 1. The van der Waals surface area contributed by atoms with Crippen molar-refractivity contribution in [3.05, 3.63) is 32.8 Å². The summed E-state index contributed by atoms with van der Waals surface area (Å²) >= 11 is 17.8. The van der Waals surface area contributed by atoms with E-state index < -0.39 is 5.97 Å². The Morgan fingerprint density at radius 2 is 2.10 bits per heavy atom. The summed E-state index contributed by atoms with van der Waals surface area (Å²) in [5.41, 5.74) is 0.224. The van der Waals surface area contributed by atoms with Crippen LogP contribution in [0.5, 0.6) is 0 Å². The Bertz CT molecular complexity index is 530. The topological polar surface area (TPSA) is 26.3 Å². The Morgan fingerprint density at radius 1 is 1.38 bits per heavy atom. The zero-order valence-corrected chi connectivity index (χ0v) is 14.4. The van der Waals surface area contributed by atoms with Crippen molar-refractivity contribution in [1.29, 1.82) is 0 Å². The van der Waals surface area contributed by atoms with Gasteiger partial charge in [0, 0.05) is 5.02 Å². The van der Waals surface area contributed by atoms with E-state index in [0.717, 1.165) is 5.92 Å². The highest BCUT2D eigenvalue weighted by molar-refractivity contribution is 6.45. The molecule has 0 bridgehead atoms. The van der Waals surface area contributed by atoms with Crippen LogP contribution in [0.2, 0.25) is 15.1 Å². The number of hydrogen-bond acceptors (Lipinski definition) is 2. The normalized spacial score (nSPS) is 22.0. The van der Waals surface area contributed by atoms with E-state index in [0.29, 0.717) is 23.5 Å². The quantitative estimate of drug-likeness (QED) is 0.474. The summed E-state index contributed by atoms with van der Waals surface area (Å²) in [6, 6.07) is 2.99. The Hall–Kier alpha value is -0.440. The summed E-state index contributed by atoms with van der Waals surface area (Å²) in [5, 5.41) is 0.818. The highest BCUT2D eigenvalue weighted by atomic mass is 35.5. The van der Waals surface area contributed by atoms with E-state index in [2.05, 4.69) is 13.8 Å². The van der Waals surface area contributed by atoms with Crippen LogP contribution in [0.15, 0.2) is 12.1 Å². The molecule has 0 saturated heterocycles. The molecule has 3 unspecified atom stereocenters. The zero-order valence-electron chi connectivity index (χ0n) is 12.2. The fourth-order valence-electron chi connectivity index (χ4n) is 2.78. The van der Waals surface area contributed by atoms with E-state index in [1.54, 1.807) is 0 Å². The Labute approximate surface area is 140 Å². The van der Waals surface area contributed by atoms with E-state index in [-0.39, 0.29) is 15.6 Å². The molecule has 2 rings (SSSR count). The second-order valence-electron chi connectivity index (χ2n) is 5.77. The lowest BCUT2D eigenvalue weighted by atomic mass is 10.0. The SMILES string of the molecule is CCCC1CC1C(C)COC(=O)c1cc(Cl)cc(Cl)c1Cl. The monoisotopic (exact) mass is 348 g/mol. The molecule has 0 aromatic heterocycles. The molecule has 2 nitrogen and oxygen atoms in total. The fourth-order valence-corrected chi connectivity index (χ4v) is 3.46. The third kappa shape index (κ3) is 4.28. The second kappa shape index (κ2) is 7.21. The lowest BCUT2D eigenvalue weighted by Gasteiger charge is -2.13. The maximum atomic E-state index is 12.1. The Balaban J connectivity index is 1.91. The number of halogens is 3. The van der Waals surface area contributed by atoms with Crippen LogP contribution in [0, 0.1) is 17.8 Å². The summed E-state index contributed by atoms with van der Waals surface area (Å²) < 4.78 is 5.37. The van der Waals surface area contributed by atoms with Gasteiger partial charge >= 0.3 is 5.97 Å². The Morgan fingerprint density at radius 3 is 2.76 bits per heavy atom. The van der Waals surface area contributed by atoms with Crippen molar-refractivity contribution in [3.63, 3.8) is 0 Å². The molecule has 1 aromatic carbocycles. The minimum atomic E-state index is -0.469. The van der Waals surface area contributed by atoms with Gasteiger partial charge in [0.25, 0.3) is 0 Å². The van der Waals surface area contributed by atoms with Gasteiger partial charge in [-0.1, -0.05) is 61.5 Å². The van der Waals surface area contributed by atoms with Crippen LogP contribution in [0.25, 0.3) is 0 Å². The first-order valence-electron chi connectivity index (χ1n) is 7.25. The van der Waals surface area contributed by atoms with Crippen LogP contribution in [0.3, 0.4) is 0 Å². The van der Waals surface area contributed by atoms with Gasteiger partial charge in [-0.05, 0) is 36.3 Å². The van der Waals surface area contributed by atoms with Gasteiger partial charge < -0.3 is 4.74 Å². The van der Waals surface area contributed by atoms with Crippen molar-refractivity contribution in [2.24, 2.45) is 17.8 Å². The lowest BCUT2D eigenvalue weighted by molar-refractivity contribution is 0.0432. The predicted octanol–water partition coefficient (Wildman–Crippen LogP) is 5.88. The molecule has 0 aliphatic heterocycles. The number of carbonyl (C=O) groups is 1. The Kier molecular flexibility index (Phi) is 5.81. The molecule has 0 radical (unpaired) electrons. The molecular weight excluding hydrogens is 331 g/mol. The summed E-state index contributed by atoms with van der Waals surface area (Å²) in [7, 11) is 0. The molecule has 0 amide bonds. The van der Waals surface area contributed by atoms with E-state index in [4.69, 9.17) is 39.5 Å². The molecule has 1 aromatic rings. The van der Waals surface area contributed by atoms with Gasteiger partial charge in [0.05, 0.1) is 22.2 Å². The maximum Gasteiger partial charge on any atom is 0.339 e. The highest BCUT2D eigenvalue weighted by Crippen LogP contribution is 2.47. The first-order valence-corrected chi connectivity index (χ1v) is 8.39. The maximum absolute atomic E-state index is 12.1. The standard InChI is InChI=1S/C16H19Cl3O2/c1-3-4-10-5-12(10)9(2)8-21-16(20)13-6-11(17)7-14(18)15(13)19/h6-7,9-10,12H,3-5,8H2,1-2H3. The summed E-state index contributed by atoms with van der Waals surface area (Å²) in [5.74, 6) is 1.38. The third-order valence-corrected chi connectivity index (χ3v) is 5.08. The van der Waals surface area contributed by atoms with E-state index in [9.17, 15) is 4.79 Å². The molecule has 0 spiro atoms. The van der Waals surface area contributed by atoms with E-state index in [1.165, 1.54) is 31.4 Å². The van der Waals surface area contributed by atoms with Crippen LogP contribution < -0.4 is 0 Å². The zero-order chi connectivity index (χ0) is 15.6. The summed E-state index contributed by atoms with van der Waals surface area (Å²) in [6.07, 6.45) is 3.72. The molecule has 1 saturated carbocycles. The largest absolute Gasteiger partial charge is 0.462 e. The van der Waals surface area contributed by atoms with Crippen LogP contribution in [-0.4, -0.2) is 12.6 Å². The molecule has 3 atom stereocenters. The van der Waals surface area contributed by atoms with Gasteiger partial charge in [-0.3, -0.25) is 0 Å². The molecule has 0 N–H and O–H groups in total.